The van der Waals surface area contributed by atoms with Crippen molar-refractivity contribution >= 4 is 18.0 Å². The summed E-state index contributed by atoms with van der Waals surface area (Å²) in [5.41, 5.74) is 3.07. The van der Waals surface area contributed by atoms with E-state index in [1.165, 1.54) is 0 Å². The Balaban J connectivity index is 1.43. The first-order valence-electron chi connectivity index (χ1n) is 10.8. The molecule has 0 saturated carbocycles. The number of carboxylic acid groups (broad SMARTS) is 1. The molecule has 1 unspecified atom stereocenters. The molecule has 1 heterocycles. The maximum atomic E-state index is 12.8. The van der Waals surface area contributed by atoms with Gasteiger partial charge < -0.3 is 30.3 Å². The molecule has 33 heavy (non-hydrogen) atoms. The average molecular weight is 454 g/mol. The van der Waals surface area contributed by atoms with Crippen LogP contribution in [0, 0.1) is 0 Å². The molecule has 9 nitrogen and oxygen atoms in total. The molecule has 2 aliphatic rings. The van der Waals surface area contributed by atoms with Crippen molar-refractivity contribution in [2.24, 2.45) is 0 Å². The minimum atomic E-state index is -1.74. The van der Waals surface area contributed by atoms with E-state index in [9.17, 15) is 19.5 Å². The van der Waals surface area contributed by atoms with E-state index in [-0.39, 0.29) is 38.6 Å². The SMILES string of the molecule is O=C(NC1(C(=O)NCC(O)C(=O)O)CCOCC1)OCC1c2ccccc2-c2ccccc21. The van der Waals surface area contributed by atoms with E-state index >= 15 is 0 Å². The zero-order chi connectivity index (χ0) is 23.4. The molecule has 1 fully saturated rings. The van der Waals surface area contributed by atoms with Gasteiger partial charge in [0.25, 0.3) is 0 Å². The molecule has 2 aromatic rings. The summed E-state index contributed by atoms with van der Waals surface area (Å²) in [5.74, 6) is -2.14. The summed E-state index contributed by atoms with van der Waals surface area (Å²) in [6.07, 6.45) is -2.08. The quantitative estimate of drug-likeness (QED) is 0.500. The molecule has 0 bridgehead atoms. The van der Waals surface area contributed by atoms with Crippen LogP contribution in [0.4, 0.5) is 4.79 Å². The Labute approximate surface area is 190 Å². The summed E-state index contributed by atoms with van der Waals surface area (Å²) in [6.45, 7) is 0.131. The zero-order valence-electron chi connectivity index (χ0n) is 18.0. The Morgan fingerprint density at radius 1 is 1.03 bits per heavy atom. The minimum absolute atomic E-state index is 0.103. The molecule has 9 heteroatoms. The molecule has 0 aromatic heterocycles. The maximum absolute atomic E-state index is 12.8. The van der Waals surface area contributed by atoms with Gasteiger partial charge in [0.15, 0.2) is 6.10 Å². The number of aliphatic hydroxyl groups excluding tert-OH is 1. The summed E-state index contributed by atoms with van der Waals surface area (Å²) in [7, 11) is 0. The van der Waals surface area contributed by atoms with Gasteiger partial charge in [-0.25, -0.2) is 9.59 Å². The molecule has 0 radical (unpaired) electrons. The second-order valence-electron chi connectivity index (χ2n) is 8.21. The number of amides is 2. The number of hydrogen-bond acceptors (Lipinski definition) is 6. The molecular weight excluding hydrogens is 428 g/mol. The highest BCUT2D eigenvalue weighted by molar-refractivity contribution is 5.90. The summed E-state index contributed by atoms with van der Waals surface area (Å²) in [6, 6.07) is 16.0. The van der Waals surface area contributed by atoms with Crippen molar-refractivity contribution in [1.29, 1.82) is 0 Å². The van der Waals surface area contributed by atoms with Crippen molar-refractivity contribution in [2.45, 2.75) is 30.4 Å². The molecule has 1 saturated heterocycles. The van der Waals surface area contributed by atoms with Crippen LogP contribution in [-0.4, -0.2) is 66.2 Å². The van der Waals surface area contributed by atoms with Gasteiger partial charge in [-0.2, -0.15) is 0 Å². The Bertz CT molecular complexity index is 1000. The predicted octanol–water partition coefficient (Wildman–Crippen LogP) is 1.64. The summed E-state index contributed by atoms with van der Waals surface area (Å²) >= 11 is 0. The predicted molar refractivity (Wildman–Crippen MR) is 118 cm³/mol. The number of rotatable bonds is 7. The van der Waals surface area contributed by atoms with Crippen LogP contribution in [0.3, 0.4) is 0 Å². The van der Waals surface area contributed by atoms with Gasteiger partial charge >= 0.3 is 12.1 Å². The fraction of sp³-hybridized carbons (Fsp3) is 0.375. The van der Waals surface area contributed by atoms with Gasteiger partial charge in [-0.1, -0.05) is 48.5 Å². The number of fused-ring (bicyclic) bond motifs is 3. The highest BCUT2D eigenvalue weighted by Crippen LogP contribution is 2.44. The van der Waals surface area contributed by atoms with E-state index in [1.54, 1.807) is 0 Å². The molecule has 174 valence electrons. The van der Waals surface area contributed by atoms with Crippen molar-refractivity contribution in [2.75, 3.05) is 26.4 Å². The van der Waals surface area contributed by atoms with Crippen molar-refractivity contribution in [3.8, 4) is 11.1 Å². The van der Waals surface area contributed by atoms with E-state index in [1.807, 2.05) is 48.5 Å². The van der Waals surface area contributed by atoms with E-state index in [2.05, 4.69) is 10.6 Å². The summed E-state index contributed by atoms with van der Waals surface area (Å²) < 4.78 is 10.9. The number of alkyl carbamates (subject to hydrolysis) is 1. The topological polar surface area (TPSA) is 134 Å². The van der Waals surface area contributed by atoms with E-state index < -0.39 is 36.2 Å². The normalized spacial score (nSPS) is 17.4. The highest BCUT2D eigenvalue weighted by atomic mass is 16.5. The van der Waals surface area contributed by atoms with Crippen LogP contribution in [-0.2, 0) is 19.1 Å². The Morgan fingerprint density at radius 3 is 2.18 bits per heavy atom. The molecule has 1 atom stereocenters. The minimum Gasteiger partial charge on any atom is -0.479 e. The number of aliphatic hydroxyl groups is 1. The third kappa shape index (κ3) is 4.69. The number of carbonyl (C=O) groups is 3. The molecular formula is C24H26N2O7. The van der Waals surface area contributed by atoms with Gasteiger partial charge in [0.2, 0.25) is 5.91 Å². The standard InChI is InChI=1S/C24H26N2O7/c27-20(21(28)29)13-25-22(30)24(9-11-32-12-10-24)26-23(31)33-14-19-17-7-3-1-5-15(17)16-6-2-4-8-18(16)19/h1-8,19-20,27H,9-14H2,(H,25,30)(H,26,31)(H,28,29). The first-order valence-corrected chi connectivity index (χ1v) is 10.8. The third-order valence-corrected chi connectivity index (χ3v) is 6.21. The van der Waals surface area contributed by atoms with Crippen LogP contribution in [0.25, 0.3) is 11.1 Å². The number of aliphatic carboxylic acids is 1. The molecule has 4 rings (SSSR count). The molecule has 4 N–H and O–H groups in total. The van der Waals surface area contributed by atoms with Gasteiger partial charge in [0.1, 0.15) is 12.1 Å². The van der Waals surface area contributed by atoms with Crippen LogP contribution in [0.5, 0.6) is 0 Å². The van der Waals surface area contributed by atoms with E-state index in [0.717, 1.165) is 22.3 Å². The Hall–Kier alpha value is -3.43. The fourth-order valence-electron chi connectivity index (χ4n) is 4.40. The average Bonchev–Trinajstić information content (AvgIpc) is 3.15. The smallest absolute Gasteiger partial charge is 0.408 e. The molecule has 1 aliphatic heterocycles. The second-order valence-corrected chi connectivity index (χ2v) is 8.21. The second kappa shape index (κ2) is 9.60. The number of carbonyl (C=O) groups excluding carboxylic acids is 2. The Kier molecular flexibility index (Phi) is 6.62. The third-order valence-electron chi connectivity index (χ3n) is 6.21. The van der Waals surface area contributed by atoms with Crippen LogP contribution in [0.15, 0.2) is 48.5 Å². The van der Waals surface area contributed by atoms with Crippen LogP contribution < -0.4 is 10.6 Å². The summed E-state index contributed by atoms with van der Waals surface area (Å²) in [4.78, 5) is 36.4. The Morgan fingerprint density at radius 2 is 1.61 bits per heavy atom. The van der Waals surface area contributed by atoms with Crippen molar-refractivity contribution < 1.29 is 34.1 Å². The van der Waals surface area contributed by atoms with Crippen molar-refractivity contribution in [1.82, 2.24) is 10.6 Å². The summed E-state index contributed by atoms with van der Waals surface area (Å²) in [5, 5.41) is 23.4. The van der Waals surface area contributed by atoms with Gasteiger partial charge in [0, 0.05) is 32.0 Å². The van der Waals surface area contributed by atoms with E-state index in [4.69, 9.17) is 14.6 Å². The number of hydrogen-bond donors (Lipinski definition) is 4. The lowest BCUT2D eigenvalue weighted by atomic mass is 9.89. The van der Waals surface area contributed by atoms with Crippen molar-refractivity contribution in [3.05, 3.63) is 59.7 Å². The highest BCUT2D eigenvalue weighted by Gasteiger charge is 2.42. The van der Waals surface area contributed by atoms with Crippen LogP contribution in [0.1, 0.15) is 29.9 Å². The van der Waals surface area contributed by atoms with Gasteiger partial charge in [-0.15, -0.1) is 0 Å². The van der Waals surface area contributed by atoms with Crippen LogP contribution >= 0.6 is 0 Å². The van der Waals surface area contributed by atoms with E-state index in [0.29, 0.717) is 0 Å². The number of benzene rings is 2. The monoisotopic (exact) mass is 454 g/mol. The molecule has 2 amide bonds. The molecule has 0 spiro atoms. The fourth-order valence-corrected chi connectivity index (χ4v) is 4.40. The largest absolute Gasteiger partial charge is 0.479 e. The first kappa shape index (κ1) is 22.8. The first-order chi connectivity index (χ1) is 15.9. The maximum Gasteiger partial charge on any atom is 0.408 e. The number of ether oxygens (including phenoxy) is 2. The molecule has 2 aromatic carbocycles. The number of carboxylic acids is 1. The van der Waals surface area contributed by atoms with Crippen LogP contribution in [0.2, 0.25) is 0 Å². The number of nitrogens with one attached hydrogen (secondary N) is 2. The molecule has 1 aliphatic carbocycles. The zero-order valence-corrected chi connectivity index (χ0v) is 18.0. The van der Waals surface area contributed by atoms with Gasteiger partial charge in [-0.3, -0.25) is 4.79 Å². The van der Waals surface area contributed by atoms with Crippen molar-refractivity contribution in [3.63, 3.8) is 0 Å². The lowest BCUT2D eigenvalue weighted by Gasteiger charge is -2.36. The lowest BCUT2D eigenvalue weighted by molar-refractivity contribution is -0.146. The van der Waals surface area contributed by atoms with Gasteiger partial charge in [-0.05, 0) is 22.3 Å². The lowest BCUT2D eigenvalue weighted by Crippen LogP contribution is -2.62. The van der Waals surface area contributed by atoms with Gasteiger partial charge in [0.05, 0.1) is 6.54 Å².